The Morgan fingerprint density at radius 3 is 2.43 bits per heavy atom. The molecule has 5 heteroatoms. The highest BCUT2D eigenvalue weighted by Gasteiger charge is 2.09. The molecule has 0 aliphatic rings. The Morgan fingerprint density at radius 2 is 2.07 bits per heavy atom. The van der Waals surface area contributed by atoms with Gasteiger partial charge in [0, 0.05) is 13.6 Å². The highest BCUT2D eigenvalue weighted by Crippen LogP contribution is 2.04. The fraction of sp³-hybridized carbons (Fsp3) is 0.556. The van der Waals surface area contributed by atoms with E-state index in [1.807, 2.05) is 13.1 Å². The van der Waals surface area contributed by atoms with Crippen LogP contribution in [-0.4, -0.2) is 23.5 Å². The maximum atomic E-state index is 8.76. The molecule has 4 nitrogen and oxygen atoms in total. The SMILES string of the molecule is CCCCN(C)/C(N)=C(\C#N)C(N)=S. The van der Waals surface area contributed by atoms with Crippen LogP contribution in [0, 0.1) is 11.3 Å². The van der Waals surface area contributed by atoms with E-state index in [1.165, 1.54) is 0 Å². The minimum absolute atomic E-state index is 0.0494. The van der Waals surface area contributed by atoms with Crippen LogP contribution in [0.4, 0.5) is 0 Å². The van der Waals surface area contributed by atoms with Gasteiger partial charge in [-0.05, 0) is 6.42 Å². The largest absolute Gasteiger partial charge is 0.389 e. The van der Waals surface area contributed by atoms with Gasteiger partial charge >= 0.3 is 0 Å². The summed E-state index contributed by atoms with van der Waals surface area (Å²) in [7, 11) is 1.82. The highest BCUT2D eigenvalue weighted by molar-refractivity contribution is 7.80. The van der Waals surface area contributed by atoms with Gasteiger partial charge in [-0.3, -0.25) is 0 Å². The van der Waals surface area contributed by atoms with Gasteiger partial charge in [-0.15, -0.1) is 0 Å². The monoisotopic (exact) mass is 212 g/mol. The normalized spacial score (nSPS) is 11.5. The molecule has 0 rings (SSSR count). The van der Waals surface area contributed by atoms with E-state index in [-0.39, 0.29) is 10.6 Å². The molecule has 0 aromatic heterocycles. The summed E-state index contributed by atoms with van der Waals surface area (Å²) < 4.78 is 0. The summed E-state index contributed by atoms with van der Waals surface area (Å²) in [5.74, 6) is 0.355. The Labute approximate surface area is 90.2 Å². The summed E-state index contributed by atoms with van der Waals surface area (Å²) in [4.78, 5) is 1.84. The van der Waals surface area contributed by atoms with Gasteiger partial charge in [0.1, 0.15) is 22.5 Å². The van der Waals surface area contributed by atoms with Crippen LogP contribution in [0.2, 0.25) is 0 Å². The second-order valence-electron chi connectivity index (χ2n) is 3.01. The van der Waals surface area contributed by atoms with Crippen LogP contribution in [0.15, 0.2) is 11.4 Å². The molecule has 0 atom stereocenters. The molecule has 78 valence electrons. The Bertz CT molecular complexity index is 277. The van der Waals surface area contributed by atoms with Crippen molar-refractivity contribution in [2.75, 3.05) is 13.6 Å². The maximum Gasteiger partial charge on any atom is 0.126 e. The highest BCUT2D eigenvalue weighted by atomic mass is 32.1. The van der Waals surface area contributed by atoms with Crippen molar-refractivity contribution in [2.24, 2.45) is 11.5 Å². The minimum Gasteiger partial charge on any atom is -0.389 e. The minimum atomic E-state index is 0.0494. The third kappa shape index (κ3) is 3.62. The van der Waals surface area contributed by atoms with E-state index in [9.17, 15) is 0 Å². The van der Waals surface area contributed by atoms with Crippen molar-refractivity contribution in [1.82, 2.24) is 4.90 Å². The Morgan fingerprint density at radius 1 is 1.50 bits per heavy atom. The van der Waals surface area contributed by atoms with Crippen LogP contribution in [0.1, 0.15) is 19.8 Å². The first-order valence-electron chi connectivity index (χ1n) is 4.45. The lowest BCUT2D eigenvalue weighted by molar-refractivity contribution is 0.400. The first-order chi connectivity index (χ1) is 6.54. The van der Waals surface area contributed by atoms with Crippen LogP contribution in [0.25, 0.3) is 0 Å². The molecule has 0 amide bonds. The van der Waals surface area contributed by atoms with Gasteiger partial charge in [0.15, 0.2) is 0 Å². The van der Waals surface area contributed by atoms with Gasteiger partial charge in [0.25, 0.3) is 0 Å². The predicted molar refractivity (Wildman–Crippen MR) is 61.1 cm³/mol. The number of hydrogen-bond donors (Lipinski definition) is 2. The summed E-state index contributed by atoms with van der Waals surface area (Å²) in [6.07, 6.45) is 2.10. The van der Waals surface area contributed by atoms with Gasteiger partial charge in [0.2, 0.25) is 0 Å². The second kappa shape index (κ2) is 6.22. The molecule has 0 saturated heterocycles. The third-order valence-corrected chi connectivity index (χ3v) is 2.08. The van der Waals surface area contributed by atoms with E-state index < -0.39 is 0 Å². The molecule has 0 saturated carbocycles. The van der Waals surface area contributed by atoms with E-state index in [1.54, 1.807) is 4.90 Å². The van der Waals surface area contributed by atoms with Crippen LogP contribution in [0.5, 0.6) is 0 Å². The third-order valence-electron chi connectivity index (χ3n) is 1.87. The average Bonchev–Trinajstić information content (AvgIpc) is 2.14. The summed E-state index contributed by atoms with van der Waals surface area (Å²) >= 11 is 4.71. The Kier molecular flexibility index (Phi) is 5.65. The van der Waals surface area contributed by atoms with Crippen LogP contribution in [-0.2, 0) is 0 Å². The van der Waals surface area contributed by atoms with Crippen molar-refractivity contribution in [3.05, 3.63) is 11.4 Å². The molecule has 0 aromatic carbocycles. The fourth-order valence-electron chi connectivity index (χ4n) is 0.945. The lowest BCUT2D eigenvalue weighted by Crippen LogP contribution is -2.29. The van der Waals surface area contributed by atoms with Gasteiger partial charge in [-0.25, -0.2) is 0 Å². The summed E-state index contributed by atoms with van der Waals surface area (Å²) in [5, 5.41) is 8.76. The molecule has 4 N–H and O–H groups in total. The van der Waals surface area contributed by atoms with E-state index >= 15 is 0 Å². The number of unbranched alkanes of at least 4 members (excludes halogenated alkanes) is 1. The standard InChI is InChI=1S/C9H16N4S/c1-3-4-5-13(2)8(11)7(6-10)9(12)14/h3-5,11H2,1-2H3,(H2,12,14)/b8-7+. The molecule has 0 radical (unpaired) electrons. The van der Waals surface area contributed by atoms with E-state index in [2.05, 4.69) is 6.92 Å². The zero-order chi connectivity index (χ0) is 11.1. The molecular formula is C9H16N4S. The molecule has 0 spiro atoms. The van der Waals surface area contributed by atoms with Crippen molar-refractivity contribution in [3.63, 3.8) is 0 Å². The maximum absolute atomic E-state index is 8.76. The Hall–Kier alpha value is -1.28. The van der Waals surface area contributed by atoms with E-state index in [0.29, 0.717) is 5.82 Å². The molecule has 0 aromatic rings. The van der Waals surface area contributed by atoms with E-state index in [0.717, 1.165) is 19.4 Å². The van der Waals surface area contributed by atoms with Crippen LogP contribution < -0.4 is 11.5 Å². The summed E-state index contributed by atoms with van der Waals surface area (Å²) in [5.41, 5.74) is 11.3. The van der Waals surface area contributed by atoms with Crippen molar-refractivity contribution < 1.29 is 0 Å². The number of hydrogen-bond acceptors (Lipinski definition) is 4. The molecule has 0 aliphatic heterocycles. The van der Waals surface area contributed by atoms with E-state index in [4.69, 9.17) is 28.9 Å². The molecule has 0 fully saturated rings. The molecule has 0 unspecified atom stereocenters. The smallest absolute Gasteiger partial charge is 0.126 e. The second-order valence-corrected chi connectivity index (χ2v) is 3.45. The fourth-order valence-corrected chi connectivity index (χ4v) is 1.10. The molecule has 14 heavy (non-hydrogen) atoms. The number of nitrogens with zero attached hydrogens (tertiary/aromatic N) is 2. The molecule has 0 heterocycles. The lowest BCUT2D eigenvalue weighted by Gasteiger charge is -2.19. The first kappa shape index (κ1) is 12.7. The number of thiocarbonyl (C=S) groups is 1. The number of nitriles is 1. The van der Waals surface area contributed by atoms with Crippen molar-refractivity contribution in [2.45, 2.75) is 19.8 Å². The Balaban J connectivity index is 4.62. The average molecular weight is 212 g/mol. The van der Waals surface area contributed by atoms with Gasteiger partial charge in [0.05, 0.1) is 0 Å². The quantitative estimate of drug-likeness (QED) is 0.398. The summed E-state index contributed by atoms with van der Waals surface area (Å²) in [6, 6.07) is 1.91. The zero-order valence-corrected chi connectivity index (χ0v) is 9.40. The van der Waals surface area contributed by atoms with Crippen LogP contribution in [0.3, 0.4) is 0 Å². The molecule has 0 bridgehead atoms. The number of nitrogens with two attached hydrogens (primary N) is 2. The van der Waals surface area contributed by atoms with Gasteiger partial charge in [-0.1, -0.05) is 25.6 Å². The van der Waals surface area contributed by atoms with Crippen molar-refractivity contribution in [1.29, 1.82) is 5.26 Å². The summed E-state index contributed by atoms with van der Waals surface area (Å²) in [6.45, 7) is 2.89. The van der Waals surface area contributed by atoms with Gasteiger partial charge in [-0.2, -0.15) is 5.26 Å². The first-order valence-corrected chi connectivity index (χ1v) is 4.86. The zero-order valence-electron chi connectivity index (χ0n) is 8.58. The van der Waals surface area contributed by atoms with Crippen molar-refractivity contribution >= 4 is 17.2 Å². The number of rotatable bonds is 5. The van der Waals surface area contributed by atoms with Crippen LogP contribution >= 0.6 is 12.2 Å². The topological polar surface area (TPSA) is 79.1 Å². The predicted octanol–water partition coefficient (Wildman–Crippen LogP) is 0.698. The molecular weight excluding hydrogens is 196 g/mol. The van der Waals surface area contributed by atoms with Crippen molar-refractivity contribution in [3.8, 4) is 6.07 Å². The van der Waals surface area contributed by atoms with Gasteiger partial charge < -0.3 is 16.4 Å². The molecule has 0 aliphatic carbocycles. The lowest BCUT2D eigenvalue weighted by atomic mass is 10.2.